The van der Waals surface area contributed by atoms with Crippen LogP contribution in [0.4, 0.5) is 5.69 Å². The monoisotopic (exact) mass is 383 g/mol. The minimum atomic E-state index is -1.06. The van der Waals surface area contributed by atoms with Crippen molar-refractivity contribution in [1.29, 1.82) is 0 Å². The highest BCUT2D eigenvalue weighted by Crippen LogP contribution is 2.26. The van der Waals surface area contributed by atoms with E-state index in [1.165, 1.54) is 6.20 Å². The van der Waals surface area contributed by atoms with E-state index in [-0.39, 0.29) is 5.91 Å². The van der Waals surface area contributed by atoms with Crippen LogP contribution in [0, 0.1) is 3.70 Å². The first-order valence-corrected chi connectivity index (χ1v) is 7.05. The Morgan fingerprint density at radius 1 is 1.35 bits per heavy atom. The molecule has 2 N–H and O–H groups in total. The molecule has 2 rings (SSSR count). The number of aromatic nitrogens is 2. The number of nitrogens with zero attached hydrogens (tertiary/aromatic N) is 2. The number of anilines is 1. The molecule has 2 aromatic rings. The lowest BCUT2D eigenvalue weighted by Gasteiger charge is -2.21. The normalized spacial score (nSPS) is 11.2. The molecule has 0 aliphatic carbocycles. The molecule has 0 aromatic carbocycles. The summed E-state index contributed by atoms with van der Waals surface area (Å²) in [4.78, 5) is 20.2. The van der Waals surface area contributed by atoms with Gasteiger partial charge in [0.05, 0.1) is 17.5 Å². The van der Waals surface area contributed by atoms with Crippen LogP contribution in [0.1, 0.15) is 29.8 Å². The highest BCUT2D eigenvalue weighted by Gasteiger charge is 2.21. The molecule has 0 aliphatic heterocycles. The van der Waals surface area contributed by atoms with Gasteiger partial charge in [0.1, 0.15) is 3.70 Å². The van der Waals surface area contributed by atoms with Gasteiger partial charge in [-0.3, -0.25) is 14.8 Å². The van der Waals surface area contributed by atoms with Crippen molar-refractivity contribution in [1.82, 2.24) is 9.97 Å². The maximum Gasteiger partial charge on any atom is 0.255 e. The third kappa shape index (κ3) is 3.51. The van der Waals surface area contributed by atoms with Gasteiger partial charge in [0.25, 0.3) is 5.91 Å². The Labute approximate surface area is 130 Å². The molecule has 0 saturated heterocycles. The lowest BCUT2D eigenvalue weighted by Crippen LogP contribution is -2.21. The van der Waals surface area contributed by atoms with Crippen molar-refractivity contribution in [2.45, 2.75) is 19.4 Å². The predicted octanol–water partition coefficient (Wildman–Crippen LogP) is 2.56. The lowest BCUT2D eigenvalue weighted by molar-refractivity contribution is 0.0791. The molecule has 20 heavy (non-hydrogen) atoms. The molecule has 2 aromatic heterocycles. The number of pyridine rings is 2. The molecule has 0 bridgehead atoms. The van der Waals surface area contributed by atoms with Crippen molar-refractivity contribution >= 4 is 34.2 Å². The Hall–Kier alpha value is -1.54. The van der Waals surface area contributed by atoms with Crippen LogP contribution in [-0.2, 0) is 5.60 Å². The van der Waals surface area contributed by atoms with E-state index >= 15 is 0 Å². The largest absolute Gasteiger partial charge is 0.386 e. The standard InChI is InChI=1S/C14H14IN3O2/c1-14(2,20)10-4-5-16-8-11(10)18-13(19)9-3-6-17-12(15)7-9/h3-8,20H,1-2H3,(H,18,19). The van der Waals surface area contributed by atoms with E-state index < -0.39 is 5.60 Å². The third-order valence-corrected chi connectivity index (χ3v) is 3.31. The van der Waals surface area contributed by atoms with E-state index in [1.54, 1.807) is 44.4 Å². The average Bonchev–Trinajstić information content (AvgIpc) is 2.38. The van der Waals surface area contributed by atoms with Crippen molar-refractivity contribution in [3.05, 3.63) is 51.6 Å². The number of hydrogen-bond acceptors (Lipinski definition) is 4. The summed E-state index contributed by atoms with van der Waals surface area (Å²) < 4.78 is 0.740. The zero-order chi connectivity index (χ0) is 14.8. The second-order valence-electron chi connectivity index (χ2n) is 4.80. The van der Waals surface area contributed by atoms with Gasteiger partial charge in [-0.15, -0.1) is 0 Å². The highest BCUT2D eigenvalue weighted by molar-refractivity contribution is 14.1. The van der Waals surface area contributed by atoms with Crippen LogP contribution < -0.4 is 5.32 Å². The minimum absolute atomic E-state index is 0.260. The lowest BCUT2D eigenvalue weighted by atomic mass is 9.98. The van der Waals surface area contributed by atoms with Crippen molar-refractivity contribution < 1.29 is 9.90 Å². The number of amides is 1. The first-order valence-electron chi connectivity index (χ1n) is 5.97. The highest BCUT2D eigenvalue weighted by atomic mass is 127. The molecule has 2 heterocycles. The van der Waals surface area contributed by atoms with Crippen molar-refractivity contribution in [2.24, 2.45) is 0 Å². The molecule has 0 fully saturated rings. The number of aliphatic hydroxyl groups is 1. The quantitative estimate of drug-likeness (QED) is 0.631. The molecular formula is C14H14IN3O2. The van der Waals surface area contributed by atoms with Crippen molar-refractivity contribution in [2.75, 3.05) is 5.32 Å². The topological polar surface area (TPSA) is 75.1 Å². The molecule has 104 valence electrons. The van der Waals surface area contributed by atoms with Crippen LogP contribution in [0.3, 0.4) is 0 Å². The fraction of sp³-hybridized carbons (Fsp3) is 0.214. The second-order valence-corrected chi connectivity index (χ2v) is 5.91. The van der Waals surface area contributed by atoms with E-state index in [4.69, 9.17) is 0 Å². The van der Waals surface area contributed by atoms with E-state index in [1.807, 2.05) is 22.6 Å². The number of hydrogen-bond donors (Lipinski definition) is 2. The van der Waals surface area contributed by atoms with Gasteiger partial charge in [0.15, 0.2) is 0 Å². The molecule has 0 radical (unpaired) electrons. The summed E-state index contributed by atoms with van der Waals surface area (Å²) in [6, 6.07) is 5.01. The Bertz CT molecular complexity index is 638. The maximum absolute atomic E-state index is 12.2. The minimum Gasteiger partial charge on any atom is -0.386 e. The van der Waals surface area contributed by atoms with Gasteiger partial charge in [-0.1, -0.05) is 0 Å². The molecule has 0 saturated carbocycles. The number of rotatable bonds is 3. The predicted molar refractivity (Wildman–Crippen MR) is 84.4 cm³/mol. The summed E-state index contributed by atoms with van der Waals surface area (Å²) in [7, 11) is 0. The first-order chi connectivity index (χ1) is 9.38. The fourth-order valence-electron chi connectivity index (χ4n) is 1.77. The van der Waals surface area contributed by atoms with E-state index in [0.29, 0.717) is 16.8 Å². The molecule has 5 nitrogen and oxygen atoms in total. The van der Waals surface area contributed by atoms with Crippen LogP contribution in [0.5, 0.6) is 0 Å². The Kier molecular flexibility index (Phi) is 4.34. The zero-order valence-electron chi connectivity index (χ0n) is 11.1. The number of carbonyl (C=O) groups excluding carboxylic acids is 1. The molecule has 0 atom stereocenters. The van der Waals surface area contributed by atoms with Gasteiger partial charge >= 0.3 is 0 Å². The van der Waals surface area contributed by atoms with Crippen LogP contribution in [0.15, 0.2) is 36.8 Å². The summed E-state index contributed by atoms with van der Waals surface area (Å²) in [5.74, 6) is -0.260. The molecule has 0 unspecified atom stereocenters. The first kappa shape index (κ1) is 14.9. The number of nitrogens with one attached hydrogen (secondary N) is 1. The van der Waals surface area contributed by atoms with Crippen LogP contribution in [0.25, 0.3) is 0 Å². The van der Waals surface area contributed by atoms with Gasteiger partial charge in [0.2, 0.25) is 0 Å². The summed E-state index contributed by atoms with van der Waals surface area (Å²) in [6.07, 6.45) is 4.69. The fourth-order valence-corrected chi connectivity index (χ4v) is 2.26. The van der Waals surface area contributed by atoms with Crippen molar-refractivity contribution in [3.63, 3.8) is 0 Å². The second kappa shape index (κ2) is 5.84. The average molecular weight is 383 g/mol. The SMILES string of the molecule is CC(C)(O)c1ccncc1NC(=O)c1ccnc(I)c1. The molecule has 0 spiro atoms. The summed E-state index contributed by atoms with van der Waals surface area (Å²) >= 11 is 2.05. The van der Waals surface area contributed by atoms with Crippen LogP contribution in [-0.4, -0.2) is 21.0 Å². The molecular weight excluding hydrogens is 369 g/mol. The van der Waals surface area contributed by atoms with Gasteiger partial charge < -0.3 is 10.4 Å². The zero-order valence-corrected chi connectivity index (χ0v) is 13.2. The van der Waals surface area contributed by atoms with E-state index in [0.717, 1.165) is 3.70 Å². The van der Waals surface area contributed by atoms with Gasteiger partial charge in [-0.05, 0) is 54.6 Å². The number of carbonyl (C=O) groups is 1. The van der Waals surface area contributed by atoms with E-state index in [9.17, 15) is 9.90 Å². The van der Waals surface area contributed by atoms with Crippen LogP contribution in [0.2, 0.25) is 0 Å². The summed E-state index contributed by atoms with van der Waals surface area (Å²) in [5, 5.41) is 12.9. The number of halogens is 1. The summed E-state index contributed by atoms with van der Waals surface area (Å²) in [5.41, 5.74) is 0.564. The van der Waals surface area contributed by atoms with Crippen molar-refractivity contribution in [3.8, 4) is 0 Å². The Morgan fingerprint density at radius 3 is 2.75 bits per heavy atom. The van der Waals surface area contributed by atoms with Gasteiger partial charge in [-0.25, -0.2) is 0 Å². The molecule has 0 aliphatic rings. The van der Waals surface area contributed by atoms with Gasteiger partial charge in [-0.2, -0.15) is 0 Å². The molecule has 6 heteroatoms. The Balaban J connectivity index is 2.29. The Morgan fingerprint density at radius 2 is 2.10 bits per heavy atom. The summed E-state index contributed by atoms with van der Waals surface area (Å²) in [6.45, 7) is 3.32. The van der Waals surface area contributed by atoms with Crippen LogP contribution >= 0.6 is 22.6 Å². The maximum atomic E-state index is 12.2. The van der Waals surface area contributed by atoms with Gasteiger partial charge in [0, 0.05) is 23.5 Å². The third-order valence-electron chi connectivity index (χ3n) is 2.72. The smallest absolute Gasteiger partial charge is 0.255 e. The molecule has 1 amide bonds. The van der Waals surface area contributed by atoms with E-state index in [2.05, 4.69) is 15.3 Å².